The summed E-state index contributed by atoms with van der Waals surface area (Å²) >= 11 is 0. The van der Waals surface area contributed by atoms with E-state index in [0.717, 1.165) is 5.92 Å². The number of nitrogens with zero attached hydrogens (tertiary/aromatic N) is 2. The second-order valence-corrected chi connectivity index (χ2v) is 9.41. The molecule has 1 aliphatic carbocycles. The van der Waals surface area contributed by atoms with E-state index >= 15 is 0 Å². The molecule has 29 heavy (non-hydrogen) atoms. The molecule has 2 aromatic rings. The molecule has 0 amide bonds. The van der Waals surface area contributed by atoms with Crippen LogP contribution >= 0.6 is 0 Å². The first-order chi connectivity index (χ1) is 14.1. The van der Waals surface area contributed by atoms with Crippen molar-refractivity contribution in [2.45, 2.75) is 76.5 Å². The third-order valence-corrected chi connectivity index (χ3v) is 8.01. The summed E-state index contributed by atoms with van der Waals surface area (Å²) < 4.78 is 0. The number of benzene rings is 2. The highest BCUT2D eigenvalue weighted by atomic mass is 15.5. The van der Waals surface area contributed by atoms with Gasteiger partial charge in [0.15, 0.2) is 0 Å². The van der Waals surface area contributed by atoms with E-state index in [2.05, 4.69) is 97.4 Å². The van der Waals surface area contributed by atoms with Gasteiger partial charge in [-0.05, 0) is 62.9 Å². The summed E-state index contributed by atoms with van der Waals surface area (Å²) in [6, 6.07) is 21.2. The highest BCUT2D eigenvalue weighted by molar-refractivity contribution is 5.58. The van der Waals surface area contributed by atoms with Crippen LogP contribution < -0.4 is 4.90 Å². The lowest BCUT2D eigenvalue weighted by Gasteiger charge is -2.45. The van der Waals surface area contributed by atoms with Crippen LogP contribution in [0.5, 0.6) is 0 Å². The minimum Gasteiger partial charge on any atom is -0.352 e. The molecule has 152 valence electrons. The van der Waals surface area contributed by atoms with E-state index < -0.39 is 0 Å². The minimum atomic E-state index is 0.118. The zero-order valence-electron chi connectivity index (χ0n) is 18.1. The Morgan fingerprint density at radius 1 is 0.862 bits per heavy atom. The lowest BCUT2D eigenvalue weighted by atomic mass is 9.61. The van der Waals surface area contributed by atoms with Gasteiger partial charge >= 0.3 is 0 Å². The monoisotopic (exact) mass is 386 g/mol. The van der Waals surface area contributed by atoms with Crippen molar-refractivity contribution in [3.63, 3.8) is 0 Å². The molecule has 2 fully saturated rings. The molecule has 4 atom stereocenters. The lowest BCUT2D eigenvalue weighted by molar-refractivity contribution is 0.154. The van der Waals surface area contributed by atoms with E-state index in [1.807, 2.05) is 0 Å². The van der Waals surface area contributed by atoms with Gasteiger partial charge in [0.2, 0.25) is 0 Å². The summed E-state index contributed by atoms with van der Waals surface area (Å²) in [4.78, 5) is 5.34. The Morgan fingerprint density at radius 3 is 2.28 bits per heavy atom. The topological polar surface area (TPSA) is 6.48 Å². The second kappa shape index (κ2) is 7.23. The van der Waals surface area contributed by atoms with Gasteiger partial charge in [0.05, 0.1) is 12.2 Å². The smallest absolute Gasteiger partial charge is 0.0989 e. The molecule has 1 saturated heterocycles. The van der Waals surface area contributed by atoms with Crippen molar-refractivity contribution in [3.8, 4) is 0 Å². The predicted molar refractivity (Wildman–Crippen MR) is 122 cm³/mol. The van der Waals surface area contributed by atoms with Gasteiger partial charge in [0, 0.05) is 17.1 Å². The Labute approximate surface area is 176 Å². The molecule has 0 radical (unpaired) electrons. The maximum atomic E-state index is 2.67. The quantitative estimate of drug-likeness (QED) is 0.614. The van der Waals surface area contributed by atoms with E-state index in [9.17, 15) is 0 Å². The van der Waals surface area contributed by atoms with E-state index in [0.29, 0.717) is 18.2 Å². The van der Waals surface area contributed by atoms with Crippen LogP contribution in [0.2, 0.25) is 0 Å². The molecule has 0 bridgehead atoms. The summed E-state index contributed by atoms with van der Waals surface area (Å²) in [7, 11) is 0. The van der Waals surface area contributed by atoms with Gasteiger partial charge in [0.25, 0.3) is 0 Å². The molecule has 0 N–H and O–H groups in total. The zero-order chi connectivity index (χ0) is 20.0. The molecule has 3 aliphatic rings. The molecule has 5 rings (SSSR count). The first-order valence-corrected chi connectivity index (χ1v) is 11.5. The van der Waals surface area contributed by atoms with Gasteiger partial charge in [-0.15, -0.1) is 0 Å². The minimum absolute atomic E-state index is 0.118. The highest BCUT2D eigenvalue weighted by Gasteiger charge is 2.58. The maximum Gasteiger partial charge on any atom is 0.0989 e. The Morgan fingerprint density at radius 2 is 1.55 bits per heavy atom. The van der Waals surface area contributed by atoms with Crippen LogP contribution in [-0.4, -0.2) is 23.1 Å². The number of hydrogen-bond donors (Lipinski definition) is 0. The molecular formula is C27H34N2. The summed E-state index contributed by atoms with van der Waals surface area (Å²) in [6.45, 7) is 7.09. The zero-order valence-corrected chi connectivity index (χ0v) is 18.1. The van der Waals surface area contributed by atoms with E-state index in [-0.39, 0.29) is 5.41 Å². The molecule has 1 saturated carbocycles. The third kappa shape index (κ3) is 2.75. The van der Waals surface area contributed by atoms with Crippen LogP contribution in [0.25, 0.3) is 0 Å². The molecule has 2 heterocycles. The average molecular weight is 387 g/mol. The van der Waals surface area contributed by atoms with Crippen molar-refractivity contribution in [1.29, 1.82) is 0 Å². The third-order valence-electron chi connectivity index (χ3n) is 8.01. The van der Waals surface area contributed by atoms with Crippen LogP contribution in [-0.2, 0) is 5.41 Å². The number of aryl methyl sites for hydroxylation is 1. The maximum absolute atomic E-state index is 2.67. The number of rotatable bonds is 3. The molecule has 0 spiro atoms. The molecule has 0 aromatic heterocycles. The van der Waals surface area contributed by atoms with Gasteiger partial charge in [-0.3, -0.25) is 0 Å². The fraction of sp³-hybridized carbons (Fsp3) is 0.481. The SMILES string of the molecule is Cc1ccccc1N1C(C)N2C=CC(c3ccccc3)(C3CCCCC3)C2[C@@H]1C. The fourth-order valence-corrected chi connectivity index (χ4v) is 6.75. The normalized spacial score (nSPS) is 32.0. The Hall–Kier alpha value is -2.22. The van der Waals surface area contributed by atoms with Crippen LogP contribution in [0.15, 0.2) is 66.9 Å². The molecule has 2 nitrogen and oxygen atoms in total. The number of fused-ring (bicyclic) bond motifs is 1. The average Bonchev–Trinajstić information content (AvgIpc) is 3.28. The van der Waals surface area contributed by atoms with Gasteiger partial charge < -0.3 is 9.80 Å². The Balaban J connectivity index is 1.62. The molecule has 2 heteroatoms. The molecule has 2 aromatic carbocycles. The number of para-hydroxylation sites is 1. The van der Waals surface area contributed by atoms with Crippen molar-refractivity contribution >= 4 is 5.69 Å². The van der Waals surface area contributed by atoms with Gasteiger partial charge in [-0.2, -0.15) is 0 Å². The highest BCUT2D eigenvalue weighted by Crippen LogP contribution is 2.54. The van der Waals surface area contributed by atoms with Crippen LogP contribution in [0.3, 0.4) is 0 Å². The standard InChI is InChI=1S/C27H34N2/c1-20-12-10-11-17-25(20)29-21(2)26-27(18-19-28(26)22(29)3,23-13-6-4-7-14-23)24-15-8-5-9-16-24/h4,6-7,10-14,17-19,21-22,24,26H,5,8-9,15-16H2,1-3H3/t21-,22?,26?,27?/m0/s1. The number of anilines is 1. The Bertz CT molecular complexity index is 882. The van der Waals surface area contributed by atoms with E-state index in [1.54, 1.807) is 0 Å². The summed E-state index contributed by atoms with van der Waals surface area (Å²) in [5.74, 6) is 0.733. The van der Waals surface area contributed by atoms with Crippen molar-refractivity contribution < 1.29 is 0 Å². The van der Waals surface area contributed by atoms with Crippen molar-refractivity contribution in [2.24, 2.45) is 5.92 Å². The van der Waals surface area contributed by atoms with Gasteiger partial charge in [-0.25, -0.2) is 0 Å². The van der Waals surface area contributed by atoms with Crippen LogP contribution in [0.1, 0.15) is 57.1 Å². The lowest BCUT2D eigenvalue weighted by Crippen LogP contribution is -2.51. The molecular weight excluding hydrogens is 352 g/mol. The van der Waals surface area contributed by atoms with Crippen molar-refractivity contribution in [3.05, 3.63) is 78.0 Å². The predicted octanol–water partition coefficient (Wildman–Crippen LogP) is 6.27. The van der Waals surface area contributed by atoms with Crippen LogP contribution in [0, 0.1) is 12.8 Å². The summed E-state index contributed by atoms with van der Waals surface area (Å²) in [6.07, 6.45) is 12.3. The summed E-state index contributed by atoms with van der Waals surface area (Å²) in [5.41, 5.74) is 4.40. The Kier molecular flexibility index (Phi) is 4.69. The fourth-order valence-electron chi connectivity index (χ4n) is 6.75. The van der Waals surface area contributed by atoms with Crippen LogP contribution in [0.4, 0.5) is 5.69 Å². The first-order valence-electron chi connectivity index (χ1n) is 11.5. The van der Waals surface area contributed by atoms with Gasteiger partial charge in [-0.1, -0.05) is 73.9 Å². The van der Waals surface area contributed by atoms with Crippen molar-refractivity contribution in [1.82, 2.24) is 4.90 Å². The summed E-state index contributed by atoms with van der Waals surface area (Å²) in [5, 5.41) is 0. The first kappa shape index (κ1) is 18.8. The largest absolute Gasteiger partial charge is 0.352 e. The molecule has 3 unspecified atom stereocenters. The van der Waals surface area contributed by atoms with E-state index in [4.69, 9.17) is 0 Å². The van der Waals surface area contributed by atoms with E-state index in [1.165, 1.54) is 48.9 Å². The van der Waals surface area contributed by atoms with Gasteiger partial charge in [0.1, 0.15) is 0 Å². The second-order valence-electron chi connectivity index (χ2n) is 9.41. The van der Waals surface area contributed by atoms with Crippen molar-refractivity contribution in [2.75, 3.05) is 4.90 Å². The molecule has 2 aliphatic heterocycles. The number of hydrogen-bond acceptors (Lipinski definition) is 2.